The Kier molecular flexibility index (Phi) is 2.75. The Hall–Kier alpha value is -0.720. The molecule has 1 aliphatic rings. The molecule has 0 amide bonds. The van der Waals surface area contributed by atoms with E-state index in [2.05, 4.69) is 25.6 Å². The third-order valence-electron chi connectivity index (χ3n) is 2.27. The quantitative estimate of drug-likeness (QED) is 0.586. The van der Waals surface area contributed by atoms with Crippen LogP contribution in [0.5, 0.6) is 0 Å². The highest BCUT2D eigenvalue weighted by molar-refractivity contribution is 5.24. The van der Waals surface area contributed by atoms with E-state index in [0.29, 0.717) is 0 Å². The molecule has 0 aromatic carbocycles. The molecule has 0 aromatic rings. The van der Waals surface area contributed by atoms with Crippen molar-refractivity contribution in [1.82, 2.24) is 4.90 Å². The van der Waals surface area contributed by atoms with Crippen molar-refractivity contribution < 1.29 is 0 Å². The zero-order valence-corrected chi connectivity index (χ0v) is 7.56. The molecule has 1 aliphatic carbocycles. The number of allylic oxidation sites excluding steroid dienone is 3. The Morgan fingerprint density at radius 2 is 1.91 bits per heavy atom. The summed E-state index contributed by atoms with van der Waals surface area (Å²) in [6.45, 7) is 3.83. The smallest absolute Gasteiger partial charge is 0.0160 e. The minimum Gasteiger partial charge on any atom is -0.381 e. The van der Waals surface area contributed by atoms with Gasteiger partial charge in [-0.15, -0.1) is 0 Å². The van der Waals surface area contributed by atoms with Gasteiger partial charge in [-0.1, -0.05) is 12.7 Å². The minimum atomic E-state index is 1.22. The maximum absolute atomic E-state index is 3.83. The van der Waals surface area contributed by atoms with E-state index in [-0.39, 0.29) is 0 Å². The molecule has 0 unspecified atom stereocenters. The zero-order valence-electron chi connectivity index (χ0n) is 7.56. The lowest BCUT2D eigenvalue weighted by atomic mass is 9.96. The van der Waals surface area contributed by atoms with Crippen LogP contribution in [0.1, 0.15) is 25.7 Å². The van der Waals surface area contributed by atoms with Gasteiger partial charge in [-0.25, -0.2) is 0 Å². The van der Waals surface area contributed by atoms with Crippen molar-refractivity contribution in [1.29, 1.82) is 0 Å². The van der Waals surface area contributed by atoms with E-state index in [4.69, 9.17) is 0 Å². The van der Waals surface area contributed by atoms with Gasteiger partial charge in [0.1, 0.15) is 0 Å². The molecule has 0 saturated heterocycles. The first kappa shape index (κ1) is 8.38. The molecule has 0 aromatic heterocycles. The van der Waals surface area contributed by atoms with Gasteiger partial charge in [-0.2, -0.15) is 0 Å². The second-order valence-electron chi connectivity index (χ2n) is 3.28. The van der Waals surface area contributed by atoms with Crippen molar-refractivity contribution in [3.05, 3.63) is 23.9 Å². The van der Waals surface area contributed by atoms with Crippen LogP contribution in [0.15, 0.2) is 23.9 Å². The fourth-order valence-electron chi connectivity index (χ4n) is 1.64. The summed E-state index contributed by atoms with van der Waals surface area (Å²) in [5.41, 5.74) is 2.92. The number of hydrogen-bond donors (Lipinski definition) is 0. The van der Waals surface area contributed by atoms with Gasteiger partial charge >= 0.3 is 0 Å². The predicted octanol–water partition coefficient (Wildman–Crippen LogP) is 2.56. The van der Waals surface area contributed by atoms with Crippen LogP contribution in [0.25, 0.3) is 0 Å². The Balaban J connectivity index is 2.81. The molecule has 11 heavy (non-hydrogen) atoms. The average Bonchev–Trinajstić information content (AvgIpc) is 2.04. The molecule has 1 heteroatoms. The van der Waals surface area contributed by atoms with Crippen molar-refractivity contribution in [2.24, 2.45) is 0 Å². The van der Waals surface area contributed by atoms with Crippen molar-refractivity contribution in [3.8, 4) is 0 Å². The zero-order chi connectivity index (χ0) is 8.27. The lowest BCUT2D eigenvalue weighted by Crippen LogP contribution is -2.15. The summed E-state index contributed by atoms with van der Waals surface area (Å²) in [6.07, 6.45) is 7.13. The summed E-state index contributed by atoms with van der Waals surface area (Å²) in [7, 11) is 4.23. The second-order valence-corrected chi connectivity index (χ2v) is 3.28. The van der Waals surface area contributed by atoms with Crippen LogP contribution in [0, 0.1) is 0 Å². The number of hydrogen-bond acceptors (Lipinski definition) is 1. The topological polar surface area (TPSA) is 3.24 Å². The van der Waals surface area contributed by atoms with Gasteiger partial charge in [0.2, 0.25) is 0 Å². The molecule has 0 saturated carbocycles. The molecular weight excluding hydrogens is 134 g/mol. The van der Waals surface area contributed by atoms with Gasteiger partial charge in [-0.3, -0.25) is 0 Å². The van der Waals surface area contributed by atoms with Gasteiger partial charge in [0, 0.05) is 19.8 Å². The normalized spacial score (nSPS) is 18.4. The van der Waals surface area contributed by atoms with Crippen LogP contribution in [0.4, 0.5) is 0 Å². The fourth-order valence-corrected chi connectivity index (χ4v) is 1.64. The van der Waals surface area contributed by atoms with Crippen LogP contribution in [-0.4, -0.2) is 19.0 Å². The van der Waals surface area contributed by atoms with Gasteiger partial charge in [0.15, 0.2) is 0 Å². The van der Waals surface area contributed by atoms with Crippen LogP contribution >= 0.6 is 0 Å². The lowest BCUT2D eigenvalue weighted by Gasteiger charge is -2.24. The van der Waals surface area contributed by atoms with Gasteiger partial charge in [0.05, 0.1) is 0 Å². The SMILES string of the molecule is C=CC1=C(N(C)C)CCCC1. The molecule has 0 bridgehead atoms. The standard InChI is InChI=1S/C10H17N/c1-4-9-7-5-6-8-10(9)11(2)3/h4H,1,5-8H2,2-3H3. The molecule has 0 heterocycles. The summed E-state index contributed by atoms with van der Waals surface area (Å²) >= 11 is 0. The van der Waals surface area contributed by atoms with E-state index < -0.39 is 0 Å². The van der Waals surface area contributed by atoms with E-state index >= 15 is 0 Å². The number of nitrogens with zero attached hydrogens (tertiary/aromatic N) is 1. The van der Waals surface area contributed by atoms with Crippen molar-refractivity contribution in [2.45, 2.75) is 25.7 Å². The highest BCUT2D eigenvalue weighted by Crippen LogP contribution is 2.26. The highest BCUT2D eigenvalue weighted by atomic mass is 15.1. The van der Waals surface area contributed by atoms with Crippen LogP contribution in [0.3, 0.4) is 0 Å². The van der Waals surface area contributed by atoms with Crippen LogP contribution in [0.2, 0.25) is 0 Å². The Morgan fingerprint density at radius 1 is 1.27 bits per heavy atom. The molecule has 0 radical (unpaired) electrons. The van der Waals surface area contributed by atoms with Crippen molar-refractivity contribution in [3.63, 3.8) is 0 Å². The average molecular weight is 151 g/mol. The molecule has 0 atom stereocenters. The van der Waals surface area contributed by atoms with E-state index in [9.17, 15) is 0 Å². The molecule has 0 N–H and O–H groups in total. The summed E-state index contributed by atoms with van der Waals surface area (Å²) in [6, 6.07) is 0. The largest absolute Gasteiger partial charge is 0.381 e. The molecule has 0 fully saturated rings. The third kappa shape index (κ3) is 1.86. The fraction of sp³-hybridized carbons (Fsp3) is 0.600. The van der Waals surface area contributed by atoms with E-state index in [1.54, 1.807) is 0 Å². The summed E-state index contributed by atoms with van der Waals surface area (Å²) in [5.74, 6) is 0. The molecule has 0 spiro atoms. The van der Waals surface area contributed by atoms with Gasteiger partial charge < -0.3 is 4.90 Å². The Labute approximate surface area is 69.4 Å². The molecule has 1 nitrogen and oxygen atoms in total. The summed E-state index contributed by atoms with van der Waals surface area (Å²) in [4.78, 5) is 2.22. The maximum atomic E-state index is 3.83. The highest BCUT2D eigenvalue weighted by Gasteiger charge is 2.10. The molecule has 1 rings (SSSR count). The first-order valence-corrected chi connectivity index (χ1v) is 4.27. The molecule has 62 valence electrons. The second kappa shape index (κ2) is 3.61. The van der Waals surface area contributed by atoms with Gasteiger partial charge in [0.25, 0.3) is 0 Å². The van der Waals surface area contributed by atoms with E-state index in [1.165, 1.54) is 37.0 Å². The lowest BCUT2D eigenvalue weighted by molar-refractivity contribution is 0.453. The summed E-state index contributed by atoms with van der Waals surface area (Å²) in [5, 5.41) is 0. The first-order chi connectivity index (χ1) is 5.25. The first-order valence-electron chi connectivity index (χ1n) is 4.27. The van der Waals surface area contributed by atoms with Crippen molar-refractivity contribution in [2.75, 3.05) is 14.1 Å². The van der Waals surface area contributed by atoms with E-state index in [0.717, 1.165) is 0 Å². The maximum Gasteiger partial charge on any atom is 0.0160 e. The molecule has 0 aliphatic heterocycles. The summed E-state index contributed by atoms with van der Waals surface area (Å²) < 4.78 is 0. The third-order valence-corrected chi connectivity index (χ3v) is 2.27. The minimum absolute atomic E-state index is 1.22. The molecular formula is C10H17N. The van der Waals surface area contributed by atoms with E-state index in [1.807, 2.05) is 6.08 Å². The van der Waals surface area contributed by atoms with Crippen LogP contribution in [-0.2, 0) is 0 Å². The van der Waals surface area contributed by atoms with Crippen LogP contribution < -0.4 is 0 Å². The Bertz CT molecular complexity index is 177. The predicted molar refractivity (Wildman–Crippen MR) is 49.4 cm³/mol. The van der Waals surface area contributed by atoms with Gasteiger partial charge in [-0.05, 0) is 31.3 Å². The van der Waals surface area contributed by atoms with Crippen molar-refractivity contribution >= 4 is 0 Å². The Morgan fingerprint density at radius 3 is 2.36 bits per heavy atom. The number of rotatable bonds is 2. The monoisotopic (exact) mass is 151 g/mol.